The molecule has 0 bridgehead atoms. The molecule has 0 fully saturated rings. The highest BCUT2D eigenvalue weighted by atomic mass is 16.3. The first-order valence-electron chi connectivity index (χ1n) is 11.5. The van der Waals surface area contributed by atoms with E-state index in [1.54, 1.807) is 0 Å². The summed E-state index contributed by atoms with van der Waals surface area (Å²) in [6, 6.07) is 14.8. The van der Waals surface area contributed by atoms with Crippen LogP contribution in [0.4, 0.5) is 0 Å². The maximum atomic E-state index is 11.3. The summed E-state index contributed by atoms with van der Waals surface area (Å²) in [5, 5.41) is 45.8. The molecule has 4 atom stereocenters. The number of aliphatic hydroxyl groups excluding tert-OH is 4. The van der Waals surface area contributed by atoms with Gasteiger partial charge in [0, 0.05) is 11.1 Å². The van der Waals surface area contributed by atoms with Gasteiger partial charge in [0.15, 0.2) is 0 Å². The molecular formula is C28H22N2O4. The van der Waals surface area contributed by atoms with Crippen LogP contribution in [0.1, 0.15) is 70.9 Å². The smallest absolute Gasteiger partial charge is 0.107 e. The van der Waals surface area contributed by atoms with Gasteiger partial charge in [0.2, 0.25) is 0 Å². The number of fused-ring (bicyclic) bond motifs is 6. The molecule has 1 heterocycles. The first kappa shape index (κ1) is 20.0. The van der Waals surface area contributed by atoms with Crippen LogP contribution in [0, 0.1) is 0 Å². The van der Waals surface area contributed by atoms with Crippen LogP contribution in [0.3, 0.4) is 0 Å². The van der Waals surface area contributed by atoms with Crippen LogP contribution in [0.25, 0.3) is 23.3 Å². The SMILES string of the molecule is OC1C2=C(c3nc4c(nc3=CC2)C2=C(CC=4)C(O)c3ccccc3C2O)C(O)c2ccccc21. The minimum Gasteiger partial charge on any atom is -0.384 e. The number of hydrogen-bond donors (Lipinski definition) is 4. The zero-order chi connectivity index (χ0) is 23.1. The molecule has 7 rings (SSSR count). The van der Waals surface area contributed by atoms with Gasteiger partial charge in [-0.3, -0.25) is 0 Å². The Morgan fingerprint density at radius 2 is 0.882 bits per heavy atom. The number of hydrogen-bond acceptors (Lipinski definition) is 6. The van der Waals surface area contributed by atoms with Crippen molar-refractivity contribution in [1.82, 2.24) is 9.97 Å². The second-order valence-electron chi connectivity index (χ2n) is 9.25. The molecule has 6 heteroatoms. The molecule has 4 unspecified atom stereocenters. The molecule has 4 aliphatic carbocycles. The molecule has 0 amide bonds. The zero-order valence-corrected chi connectivity index (χ0v) is 18.2. The van der Waals surface area contributed by atoms with Crippen molar-refractivity contribution in [2.75, 3.05) is 0 Å². The Balaban J connectivity index is 1.42. The lowest BCUT2D eigenvalue weighted by Crippen LogP contribution is -2.36. The third-order valence-corrected chi connectivity index (χ3v) is 7.56. The van der Waals surface area contributed by atoms with Crippen LogP contribution < -0.4 is 10.7 Å². The quantitative estimate of drug-likeness (QED) is 0.417. The summed E-state index contributed by atoms with van der Waals surface area (Å²) in [7, 11) is 0. The fourth-order valence-corrected chi connectivity index (χ4v) is 5.91. The van der Waals surface area contributed by atoms with Crippen molar-refractivity contribution in [3.63, 3.8) is 0 Å². The number of nitrogens with zero attached hydrogens (tertiary/aromatic N) is 2. The van der Waals surface area contributed by atoms with Crippen molar-refractivity contribution in [1.29, 1.82) is 0 Å². The highest BCUT2D eigenvalue weighted by Gasteiger charge is 2.38. The van der Waals surface area contributed by atoms with Gasteiger partial charge in [-0.2, -0.15) is 0 Å². The summed E-state index contributed by atoms with van der Waals surface area (Å²) >= 11 is 0. The van der Waals surface area contributed by atoms with Crippen LogP contribution in [-0.4, -0.2) is 30.4 Å². The van der Waals surface area contributed by atoms with Crippen molar-refractivity contribution < 1.29 is 20.4 Å². The fraction of sp³-hybridized carbons (Fsp3) is 0.214. The van der Waals surface area contributed by atoms with Gasteiger partial charge in [-0.15, -0.1) is 0 Å². The highest BCUT2D eigenvalue weighted by molar-refractivity contribution is 5.81. The lowest BCUT2D eigenvalue weighted by Gasteiger charge is -2.34. The molecule has 2 aromatic carbocycles. The van der Waals surface area contributed by atoms with E-state index < -0.39 is 24.4 Å². The van der Waals surface area contributed by atoms with Gasteiger partial charge in [0.05, 0.1) is 22.1 Å². The van der Waals surface area contributed by atoms with E-state index in [0.29, 0.717) is 57.2 Å². The Bertz CT molecular complexity index is 1470. The topological polar surface area (TPSA) is 107 Å². The Hall–Kier alpha value is -3.42. The van der Waals surface area contributed by atoms with Gasteiger partial charge in [-0.25, -0.2) is 9.97 Å². The van der Waals surface area contributed by atoms with Gasteiger partial charge in [-0.05, 0) is 46.2 Å². The second-order valence-corrected chi connectivity index (χ2v) is 9.25. The molecule has 0 spiro atoms. The first-order valence-corrected chi connectivity index (χ1v) is 11.5. The predicted octanol–water partition coefficient (Wildman–Crippen LogP) is 1.91. The maximum absolute atomic E-state index is 11.3. The first-order chi connectivity index (χ1) is 16.5. The minimum absolute atomic E-state index is 0.450. The number of aromatic nitrogens is 2. The lowest BCUT2D eigenvalue weighted by molar-refractivity contribution is 0.182. The summed E-state index contributed by atoms with van der Waals surface area (Å²) in [5.74, 6) is 0. The van der Waals surface area contributed by atoms with Gasteiger partial charge in [0.1, 0.15) is 24.4 Å². The van der Waals surface area contributed by atoms with Crippen molar-refractivity contribution >= 4 is 23.3 Å². The largest absolute Gasteiger partial charge is 0.384 e. The summed E-state index contributed by atoms with van der Waals surface area (Å²) in [6.07, 6.45) is 1.32. The van der Waals surface area contributed by atoms with Crippen molar-refractivity contribution in [3.05, 3.63) is 104 Å². The van der Waals surface area contributed by atoms with Crippen LogP contribution in [0.2, 0.25) is 0 Å². The van der Waals surface area contributed by atoms with Gasteiger partial charge >= 0.3 is 0 Å². The molecule has 1 aromatic heterocycles. The Kier molecular flexibility index (Phi) is 4.14. The van der Waals surface area contributed by atoms with E-state index in [1.807, 2.05) is 60.7 Å². The Labute approximate surface area is 195 Å². The summed E-state index contributed by atoms with van der Waals surface area (Å²) < 4.78 is 0. The molecule has 0 saturated heterocycles. The van der Waals surface area contributed by atoms with E-state index in [2.05, 4.69) is 0 Å². The number of aliphatic hydroxyl groups is 4. The molecule has 4 N–H and O–H groups in total. The molecule has 34 heavy (non-hydrogen) atoms. The van der Waals surface area contributed by atoms with E-state index in [9.17, 15) is 20.4 Å². The van der Waals surface area contributed by atoms with Crippen LogP contribution in [-0.2, 0) is 0 Å². The molecule has 0 aliphatic heterocycles. The molecule has 4 aliphatic rings. The summed E-state index contributed by atoms with van der Waals surface area (Å²) in [6.45, 7) is 0. The van der Waals surface area contributed by atoms with Gasteiger partial charge in [0.25, 0.3) is 0 Å². The van der Waals surface area contributed by atoms with E-state index in [1.165, 1.54) is 0 Å². The number of benzene rings is 2. The third-order valence-electron chi connectivity index (χ3n) is 7.56. The van der Waals surface area contributed by atoms with Crippen molar-refractivity contribution in [2.45, 2.75) is 37.3 Å². The van der Waals surface area contributed by atoms with E-state index >= 15 is 0 Å². The highest BCUT2D eigenvalue weighted by Crippen LogP contribution is 2.48. The summed E-state index contributed by atoms with van der Waals surface area (Å²) in [5.41, 5.74) is 6.63. The number of rotatable bonds is 0. The van der Waals surface area contributed by atoms with E-state index in [-0.39, 0.29) is 0 Å². The average molecular weight is 450 g/mol. The van der Waals surface area contributed by atoms with Crippen LogP contribution >= 0.6 is 0 Å². The van der Waals surface area contributed by atoms with Gasteiger partial charge < -0.3 is 20.4 Å². The Morgan fingerprint density at radius 1 is 0.529 bits per heavy atom. The second kappa shape index (κ2) is 7.04. The standard InChI is InChI=1S/C28H22N2O4/c31-25-13-5-1-3-7-15(13)27(33)21-17(25)9-11-19-23(21)29-20-12-10-18-22(24(20)30-19)28(34)16-8-4-2-6-14(16)26(18)32/h1-8,11-12,25-28,31-34H,9-10H2. The van der Waals surface area contributed by atoms with E-state index in [4.69, 9.17) is 9.97 Å². The zero-order valence-electron chi connectivity index (χ0n) is 18.2. The molecular weight excluding hydrogens is 428 g/mol. The molecule has 168 valence electrons. The third kappa shape index (κ3) is 2.54. The molecule has 3 aromatic rings. The van der Waals surface area contributed by atoms with Crippen LogP contribution in [0.5, 0.6) is 0 Å². The minimum atomic E-state index is -0.901. The van der Waals surface area contributed by atoms with Crippen LogP contribution in [0.15, 0.2) is 59.7 Å². The van der Waals surface area contributed by atoms with Crippen molar-refractivity contribution in [3.8, 4) is 0 Å². The molecule has 6 nitrogen and oxygen atoms in total. The molecule has 0 saturated carbocycles. The van der Waals surface area contributed by atoms with E-state index in [0.717, 1.165) is 22.3 Å². The average Bonchev–Trinajstić information content (AvgIpc) is 2.88. The fourth-order valence-electron chi connectivity index (χ4n) is 5.91. The van der Waals surface area contributed by atoms with Gasteiger partial charge in [-0.1, -0.05) is 60.7 Å². The Morgan fingerprint density at radius 3 is 1.26 bits per heavy atom. The lowest BCUT2D eigenvalue weighted by atomic mass is 9.76. The summed E-state index contributed by atoms with van der Waals surface area (Å²) in [4.78, 5) is 9.79. The predicted molar refractivity (Wildman–Crippen MR) is 126 cm³/mol. The monoisotopic (exact) mass is 450 g/mol. The molecule has 0 radical (unpaired) electrons. The maximum Gasteiger partial charge on any atom is 0.107 e. The van der Waals surface area contributed by atoms with Crippen molar-refractivity contribution in [2.24, 2.45) is 0 Å². The normalized spacial score (nSPS) is 26.2.